The van der Waals surface area contributed by atoms with Crippen LogP contribution in [0.1, 0.15) is 55.2 Å². The van der Waals surface area contributed by atoms with Crippen LogP contribution < -0.4 is 5.32 Å². The third-order valence-corrected chi connectivity index (χ3v) is 5.25. The van der Waals surface area contributed by atoms with Crippen LogP contribution in [0.15, 0.2) is 30.5 Å². The van der Waals surface area contributed by atoms with E-state index >= 15 is 0 Å². The molecule has 5 nitrogen and oxygen atoms in total. The van der Waals surface area contributed by atoms with Gasteiger partial charge in [0.05, 0.1) is 16.9 Å². The molecule has 1 aliphatic rings. The number of aryl methyl sites for hydroxylation is 1. The molecule has 146 valence electrons. The summed E-state index contributed by atoms with van der Waals surface area (Å²) in [5.74, 6) is 0.636. The Bertz CT molecular complexity index is 784. The zero-order valence-corrected chi connectivity index (χ0v) is 17.2. The smallest absolute Gasteiger partial charge is 0.257 e. The Balaban J connectivity index is 1.93. The quantitative estimate of drug-likeness (QED) is 0.898. The Morgan fingerprint density at radius 3 is 2.59 bits per heavy atom. The van der Waals surface area contributed by atoms with E-state index < -0.39 is 0 Å². The molecule has 1 amide bonds. The van der Waals surface area contributed by atoms with Crippen LogP contribution in [0.2, 0.25) is 0 Å². The van der Waals surface area contributed by atoms with Gasteiger partial charge in [0, 0.05) is 24.7 Å². The van der Waals surface area contributed by atoms with E-state index in [9.17, 15) is 4.79 Å². The summed E-state index contributed by atoms with van der Waals surface area (Å²) in [5.41, 5.74) is 3.59. The number of nitrogens with zero attached hydrogens (tertiary/aromatic N) is 3. The predicted octanol–water partition coefficient (Wildman–Crippen LogP) is 3.55. The highest BCUT2D eigenvalue weighted by Crippen LogP contribution is 2.28. The molecule has 2 aromatic rings. The summed E-state index contributed by atoms with van der Waals surface area (Å²) < 4.78 is 1.85. The first-order chi connectivity index (χ1) is 12.8. The molecule has 1 aliphatic heterocycles. The number of rotatable bonds is 4. The van der Waals surface area contributed by atoms with Crippen LogP contribution in [0.4, 0.5) is 0 Å². The maximum atomic E-state index is 13.4. The van der Waals surface area contributed by atoms with Crippen LogP contribution >= 0.6 is 0 Å². The van der Waals surface area contributed by atoms with Crippen LogP contribution in [-0.4, -0.2) is 47.3 Å². The fourth-order valence-electron chi connectivity index (χ4n) is 3.79. The second kappa shape index (κ2) is 7.85. The Morgan fingerprint density at radius 2 is 1.96 bits per heavy atom. The zero-order valence-electron chi connectivity index (χ0n) is 17.2. The van der Waals surface area contributed by atoms with Crippen molar-refractivity contribution < 1.29 is 4.79 Å². The summed E-state index contributed by atoms with van der Waals surface area (Å²) in [4.78, 5) is 15.4. The van der Waals surface area contributed by atoms with Crippen molar-refractivity contribution in [2.45, 2.75) is 46.0 Å². The second-order valence-corrected chi connectivity index (χ2v) is 8.74. The lowest BCUT2D eigenvalue weighted by Gasteiger charge is -2.33. The summed E-state index contributed by atoms with van der Waals surface area (Å²) in [6, 6.07) is 8.24. The number of piperidine rings is 1. The van der Waals surface area contributed by atoms with E-state index in [0.29, 0.717) is 5.92 Å². The van der Waals surface area contributed by atoms with Crippen LogP contribution in [0.25, 0.3) is 5.69 Å². The molecule has 27 heavy (non-hydrogen) atoms. The number of aromatic nitrogens is 2. The molecule has 1 saturated heterocycles. The van der Waals surface area contributed by atoms with Crippen molar-refractivity contribution in [1.82, 2.24) is 20.0 Å². The van der Waals surface area contributed by atoms with E-state index in [1.165, 1.54) is 12.0 Å². The molecule has 0 bridgehead atoms. The fourth-order valence-corrected chi connectivity index (χ4v) is 3.79. The van der Waals surface area contributed by atoms with E-state index in [0.717, 1.165) is 43.0 Å². The predicted molar refractivity (Wildman–Crippen MR) is 110 cm³/mol. The zero-order chi connectivity index (χ0) is 19.6. The third-order valence-electron chi connectivity index (χ3n) is 5.25. The van der Waals surface area contributed by atoms with Crippen molar-refractivity contribution in [3.05, 3.63) is 47.3 Å². The average Bonchev–Trinajstić information content (AvgIpc) is 3.08. The number of carbonyl (C=O) groups excluding carboxylic acids is 1. The van der Waals surface area contributed by atoms with E-state index in [4.69, 9.17) is 5.10 Å². The maximum Gasteiger partial charge on any atom is 0.257 e. The fraction of sp³-hybridized carbons (Fsp3) is 0.545. The molecule has 0 aliphatic carbocycles. The first-order valence-electron chi connectivity index (χ1n) is 9.90. The van der Waals surface area contributed by atoms with Crippen molar-refractivity contribution in [2.24, 2.45) is 5.92 Å². The molecule has 0 radical (unpaired) electrons. The SMILES string of the molecule is CNCC1CCCN(C(=O)c2cn(-c3ccc(C)cc3)nc2C(C)(C)C)C1. The van der Waals surface area contributed by atoms with E-state index in [-0.39, 0.29) is 11.3 Å². The summed E-state index contributed by atoms with van der Waals surface area (Å²) >= 11 is 0. The summed E-state index contributed by atoms with van der Waals surface area (Å²) in [6.07, 6.45) is 4.16. The average molecular weight is 369 g/mol. The monoisotopic (exact) mass is 368 g/mol. The van der Waals surface area contributed by atoms with Crippen molar-refractivity contribution in [2.75, 3.05) is 26.7 Å². The lowest BCUT2D eigenvalue weighted by Crippen LogP contribution is -2.43. The largest absolute Gasteiger partial charge is 0.338 e. The summed E-state index contributed by atoms with van der Waals surface area (Å²) in [5, 5.41) is 8.06. The number of likely N-dealkylation sites (tertiary alicyclic amines) is 1. The normalized spacial score (nSPS) is 18.0. The Labute approximate surface area is 162 Å². The number of carbonyl (C=O) groups is 1. The number of hydrogen-bond donors (Lipinski definition) is 1. The number of hydrogen-bond acceptors (Lipinski definition) is 3. The van der Waals surface area contributed by atoms with Crippen molar-refractivity contribution in [3.8, 4) is 5.69 Å². The molecule has 1 unspecified atom stereocenters. The number of benzene rings is 1. The Kier molecular flexibility index (Phi) is 5.70. The number of nitrogens with one attached hydrogen (secondary N) is 1. The van der Waals surface area contributed by atoms with Gasteiger partial charge < -0.3 is 10.2 Å². The summed E-state index contributed by atoms with van der Waals surface area (Å²) in [7, 11) is 1.98. The molecule has 0 spiro atoms. The van der Waals surface area contributed by atoms with E-state index in [1.54, 1.807) is 0 Å². The van der Waals surface area contributed by atoms with Crippen molar-refractivity contribution >= 4 is 5.91 Å². The highest BCUT2D eigenvalue weighted by atomic mass is 16.2. The number of amides is 1. The Morgan fingerprint density at radius 1 is 1.26 bits per heavy atom. The molecular weight excluding hydrogens is 336 g/mol. The molecule has 1 aromatic carbocycles. The van der Waals surface area contributed by atoms with Gasteiger partial charge in [0.1, 0.15) is 0 Å². The van der Waals surface area contributed by atoms with E-state index in [1.807, 2.05) is 35.0 Å². The van der Waals surface area contributed by atoms with Crippen LogP contribution in [-0.2, 0) is 5.41 Å². The standard InChI is InChI=1S/C22H32N4O/c1-16-8-10-18(11-9-16)26-15-19(20(24-26)22(2,3)4)21(27)25-12-6-7-17(14-25)13-23-5/h8-11,15,17,23H,6-7,12-14H2,1-5H3. The molecule has 3 rings (SSSR count). The van der Waals surface area contributed by atoms with Gasteiger partial charge in [-0.15, -0.1) is 0 Å². The summed E-state index contributed by atoms with van der Waals surface area (Å²) in [6.45, 7) is 11.0. The molecule has 1 aromatic heterocycles. The van der Waals surface area contributed by atoms with Gasteiger partial charge in [-0.25, -0.2) is 4.68 Å². The molecule has 5 heteroatoms. The topological polar surface area (TPSA) is 50.2 Å². The van der Waals surface area contributed by atoms with Gasteiger partial charge in [0.2, 0.25) is 0 Å². The molecule has 1 N–H and O–H groups in total. The van der Waals surface area contributed by atoms with Gasteiger partial charge in [-0.05, 0) is 51.4 Å². The maximum absolute atomic E-state index is 13.4. The Hall–Kier alpha value is -2.14. The van der Waals surface area contributed by atoms with Crippen molar-refractivity contribution in [1.29, 1.82) is 0 Å². The minimum Gasteiger partial charge on any atom is -0.338 e. The first kappa shape index (κ1) is 19.6. The third kappa shape index (κ3) is 4.41. The second-order valence-electron chi connectivity index (χ2n) is 8.74. The lowest BCUT2D eigenvalue weighted by molar-refractivity contribution is 0.0671. The highest BCUT2D eigenvalue weighted by Gasteiger charge is 2.31. The van der Waals surface area contributed by atoms with Gasteiger partial charge in [-0.1, -0.05) is 38.5 Å². The minimum absolute atomic E-state index is 0.110. The van der Waals surface area contributed by atoms with Crippen molar-refractivity contribution in [3.63, 3.8) is 0 Å². The molecule has 0 saturated carbocycles. The lowest BCUT2D eigenvalue weighted by atomic mass is 9.89. The molecular formula is C22H32N4O. The molecule has 1 atom stereocenters. The van der Waals surface area contributed by atoms with Gasteiger partial charge in [0.15, 0.2) is 0 Å². The van der Waals surface area contributed by atoms with Crippen LogP contribution in [0.3, 0.4) is 0 Å². The van der Waals surface area contributed by atoms with Gasteiger partial charge in [-0.3, -0.25) is 4.79 Å². The van der Waals surface area contributed by atoms with Gasteiger partial charge in [0.25, 0.3) is 5.91 Å². The van der Waals surface area contributed by atoms with Crippen LogP contribution in [0.5, 0.6) is 0 Å². The van der Waals surface area contributed by atoms with Gasteiger partial charge in [-0.2, -0.15) is 5.10 Å². The molecule has 1 fully saturated rings. The van der Waals surface area contributed by atoms with Gasteiger partial charge >= 0.3 is 0 Å². The minimum atomic E-state index is -0.193. The van der Waals surface area contributed by atoms with Crippen LogP contribution in [0, 0.1) is 12.8 Å². The first-order valence-corrected chi connectivity index (χ1v) is 9.90. The van der Waals surface area contributed by atoms with E-state index in [2.05, 4.69) is 45.1 Å². The highest BCUT2D eigenvalue weighted by molar-refractivity contribution is 5.95. The molecule has 2 heterocycles.